The van der Waals surface area contributed by atoms with Crippen LogP contribution in [0.5, 0.6) is 0 Å². The van der Waals surface area contributed by atoms with E-state index in [-0.39, 0.29) is 23.4 Å². The van der Waals surface area contributed by atoms with Crippen LogP contribution in [-0.4, -0.2) is 29.8 Å². The number of fused-ring (bicyclic) bond motifs is 1. The summed E-state index contributed by atoms with van der Waals surface area (Å²) in [7, 11) is 4.84. The summed E-state index contributed by atoms with van der Waals surface area (Å²) in [5.41, 5.74) is 2.83. The Labute approximate surface area is 155 Å². The highest BCUT2D eigenvalue weighted by atomic mass is 16.2. The normalized spacial score (nSPS) is 11.1. The predicted molar refractivity (Wildman–Crippen MR) is 102 cm³/mol. The maximum Gasteiger partial charge on any atom is 0.332 e. The van der Waals surface area contributed by atoms with Gasteiger partial charge in [0.15, 0.2) is 0 Å². The summed E-state index contributed by atoms with van der Waals surface area (Å²) in [5.74, 6) is -0.180. The molecule has 0 bridgehead atoms. The molecule has 0 radical (unpaired) electrons. The number of pyridine rings is 1. The van der Waals surface area contributed by atoms with Gasteiger partial charge < -0.3 is 5.32 Å². The van der Waals surface area contributed by atoms with Gasteiger partial charge in [-0.25, -0.2) is 9.78 Å². The Morgan fingerprint density at radius 1 is 1.15 bits per heavy atom. The Balaban J connectivity index is 1.81. The van der Waals surface area contributed by atoms with Gasteiger partial charge in [-0.3, -0.25) is 23.4 Å². The molecule has 0 aliphatic carbocycles. The lowest BCUT2D eigenvalue weighted by molar-refractivity contribution is -0.116. The van der Waals surface area contributed by atoms with Crippen molar-refractivity contribution in [2.24, 2.45) is 21.1 Å². The number of carbonyl (C=O) groups excluding carboxylic acids is 1. The zero-order valence-electron chi connectivity index (χ0n) is 16.0. The third kappa shape index (κ3) is 3.27. The van der Waals surface area contributed by atoms with Crippen LogP contribution in [0.25, 0.3) is 11.0 Å². The highest BCUT2D eigenvalue weighted by Gasteiger charge is 2.13. The van der Waals surface area contributed by atoms with E-state index in [1.165, 1.54) is 17.8 Å². The lowest BCUT2D eigenvalue weighted by atomic mass is 10.1. The Bertz CT molecular complexity index is 1170. The second-order valence-corrected chi connectivity index (χ2v) is 6.62. The van der Waals surface area contributed by atoms with Crippen LogP contribution in [0.4, 0.5) is 5.69 Å². The molecule has 0 aliphatic rings. The Morgan fingerprint density at radius 2 is 1.85 bits per heavy atom. The van der Waals surface area contributed by atoms with E-state index in [1.807, 2.05) is 20.9 Å². The number of hydrogen-bond donors (Lipinski definition) is 1. The first-order chi connectivity index (χ1) is 12.7. The van der Waals surface area contributed by atoms with Crippen molar-refractivity contribution < 1.29 is 4.79 Å². The van der Waals surface area contributed by atoms with Crippen molar-refractivity contribution in [3.05, 3.63) is 50.1 Å². The van der Waals surface area contributed by atoms with Crippen molar-refractivity contribution in [1.82, 2.24) is 23.9 Å². The van der Waals surface area contributed by atoms with Gasteiger partial charge in [0.1, 0.15) is 5.65 Å². The number of amides is 1. The number of carbonyl (C=O) groups is 1. The largest absolute Gasteiger partial charge is 0.332 e. The van der Waals surface area contributed by atoms with E-state index in [0.29, 0.717) is 12.1 Å². The fraction of sp³-hybridized carbons (Fsp3) is 0.389. The molecule has 3 heterocycles. The minimum Gasteiger partial charge on any atom is -0.325 e. The predicted octanol–water partition coefficient (Wildman–Crippen LogP) is 0.554. The van der Waals surface area contributed by atoms with E-state index in [4.69, 9.17) is 0 Å². The lowest BCUT2D eigenvalue weighted by Gasteiger charge is -2.09. The number of nitrogens with one attached hydrogen (secondary N) is 1. The summed E-state index contributed by atoms with van der Waals surface area (Å²) in [6, 6.07) is 1.54. The highest BCUT2D eigenvalue weighted by Crippen LogP contribution is 2.16. The van der Waals surface area contributed by atoms with Crippen LogP contribution < -0.4 is 16.6 Å². The molecule has 3 aromatic rings. The summed E-state index contributed by atoms with van der Waals surface area (Å²) in [4.78, 5) is 40.8. The third-order valence-corrected chi connectivity index (χ3v) is 4.84. The summed E-state index contributed by atoms with van der Waals surface area (Å²) in [6.45, 7) is 3.90. The first kappa shape index (κ1) is 18.6. The first-order valence-electron chi connectivity index (χ1n) is 8.55. The van der Waals surface area contributed by atoms with E-state index >= 15 is 0 Å². The van der Waals surface area contributed by atoms with E-state index in [1.54, 1.807) is 17.8 Å². The molecule has 27 heavy (non-hydrogen) atoms. The second kappa shape index (κ2) is 6.82. The molecular weight excluding hydrogens is 348 g/mol. The lowest BCUT2D eigenvalue weighted by Crippen LogP contribution is -2.37. The van der Waals surface area contributed by atoms with Gasteiger partial charge in [-0.05, 0) is 31.9 Å². The molecule has 1 amide bonds. The van der Waals surface area contributed by atoms with Crippen LogP contribution >= 0.6 is 0 Å². The number of aryl methyl sites for hydroxylation is 3. The van der Waals surface area contributed by atoms with Gasteiger partial charge in [0, 0.05) is 33.3 Å². The van der Waals surface area contributed by atoms with Crippen LogP contribution in [0.1, 0.15) is 23.4 Å². The van der Waals surface area contributed by atoms with Crippen molar-refractivity contribution in [2.45, 2.75) is 26.7 Å². The molecule has 0 spiro atoms. The van der Waals surface area contributed by atoms with Crippen LogP contribution in [0.2, 0.25) is 0 Å². The van der Waals surface area contributed by atoms with Gasteiger partial charge in [0.2, 0.25) is 5.91 Å². The Kier molecular flexibility index (Phi) is 4.69. The van der Waals surface area contributed by atoms with Gasteiger partial charge in [0.25, 0.3) is 5.56 Å². The van der Waals surface area contributed by atoms with Crippen LogP contribution in [-0.2, 0) is 32.4 Å². The van der Waals surface area contributed by atoms with E-state index in [2.05, 4.69) is 15.4 Å². The molecule has 142 valence electrons. The molecule has 9 nitrogen and oxygen atoms in total. The fourth-order valence-electron chi connectivity index (χ4n) is 3.18. The number of anilines is 1. The number of hydrogen-bond acceptors (Lipinski definition) is 5. The van der Waals surface area contributed by atoms with Gasteiger partial charge in [-0.15, -0.1) is 0 Å². The summed E-state index contributed by atoms with van der Waals surface area (Å²) in [6.07, 6.45) is 2.31. The molecule has 1 N–H and O–H groups in total. The van der Waals surface area contributed by atoms with Crippen molar-refractivity contribution in [3.8, 4) is 0 Å². The van der Waals surface area contributed by atoms with E-state index in [0.717, 1.165) is 21.5 Å². The summed E-state index contributed by atoms with van der Waals surface area (Å²) >= 11 is 0. The van der Waals surface area contributed by atoms with Gasteiger partial charge in [-0.1, -0.05) is 0 Å². The minimum absolute atomic E-state index is 0.180. The average Bonchev–Trinajstić information content (AvgIpc) is 2.88. The minimum atomic E-state index is -0.446. The number of rotatable bonds is 4. The van der Waals surface area contributed by atoms with Crippen molar-refractivity contribution in [3.63, 3.8) is 0 Å². The molecular formula is C18H22N6O3. The van der Waals surface area contributed by atoms with Crippen LogP contribution in [0, 0.1) is 13.8 Å². The molecule has 3 aromatic heterocycles. The Morgan fingerprint density at radius 3 is 2.48 bits per heavy atom. The molecule has 0 saturated heterocycles. The summed E-state index contributed by atoms with van der Waals surface area (Å²) < 4.78 is 4.12. The van der Waals surface area contributed by atoms with Gasteiger partial charge >= 0.3 is 5.69 Å². The van der Waals surface area contributed by atoms with Crippen molar-refractivity contribution in [2.75, 3.05) is 5.32 Å². The third-order valence-electron chi connectivity index (χ3n) is 4.84. The molecule has 0 fully saturated rings. The molecule has 0 aromatic carbocycles. The molecule has 0 atom stereocenters. The standard InChI is InChI=1S/C18H22N6O3/c1-10-13(11(2)24(5)21-10)6-7-15(25)20-12-8-14-16(19-9-12)22(3)18(27)23(4)17(14)26/h8-9H,6-7H2,1-5H3,(H,20,25). The number of aromatic nitrogens is 5. The van der Waals surface area contributed by atoms with Gasteiger partial charge in [0.05, 0.1) is 23.0 Å². The first-order valence-corrected chi connectivity index (χ1v) is 8.55. The topological polar surface area (TPSA) is 104 Å². The zero-order valence-corrected chi connectivity index (χ0v) is 16.0. The van der Waals surface area contributed by atoms with Crippen molar-refractivity contribution in [1.29, 1.82) is 0 Å². The zero-order chi connectivity index (χ0) is 19.9. The molecule has 0 aliphatic heterocycles. The van der Waals surface area contributed by atoms with E-state index in [9.17, 15) is 14.4 Å². The second-order valence-electron chi connectivity index (χ2n) is 6.62. The highest BCUT2D eigenvalue weighted by molar-refractivity contribution is 5.92. The maximum absolute atomic E-state index is 12.3. The SMILES string of the molecule is Cc1nn(C)c(C)c1CCC(=O)Nc1cnc2c(c1)c(=O)n(C)c(=O)n2C. The fourth-order valence-corrected chi connectivity index (χ4v) is 3.18. The summed E-state index contributed by atoms with van der Waals surface area (Å²) in [5, 5.41) is 7.39. The average molecular weight is 370 g/mol. The Hall–Kier alpha value is -3.23. The molecule has 0 saturated carbocycles. The maximum atomic E-state index is 12.3. The van der Waals surface area contributed by atoms with Crippen LogP contribution in [0.15, 0.2) is 21.9 Å². The quantitative estimate of drug-likeness (QED) is 0.722. The van der Waals surface area contributed by atoms with E-state index < -0.39 is 11.2 Å². The number of nitrogens with zero attached hydrogens (tertiary/aromatic N) is 5. The molecule has 0 unspecified atom stereocenters. The molecule has 9 heteroatoms. The molecule has 3 rings (SSSR count). The van der Waals surface area contributed by atoms with Gasteiger partial charge in [-0.2, -0.15) is 5.10 Å². The monoisotopic (exact) mass is 370 g/mol. The van der Waals surface area contributed by atoms with Crippen LogP contribution in [0.3, 0.4) is 0 Å². The smallest absolute Gasteiger partial charge is 0.325 e. The van der Waals surface area contributed by atoms with Crippen molar-refractivity contribution >= 4 is 22.6 Å².